The van der Waals surface area contributed by atoms with Crippen molar-refractivity contribution < 1.29 is 0 Å². The molecule has 0 fully saturated rings. The first kappa shape index (κ1) is 14.9. The number of hydrogen-bond donors (Lipinski definition) is 1. The summed E-state index contributed by atoms with van der Waals surface area (Å²) in [5.74, 6) is 0. The molecule has 0 radical (unpaired) electrons. The van der Waals surface area contributed by atoms with Gasteiger partial charge in [0, 0.05) is 24.3 Å². The van der Waals surface area contributed by atoms with Crippen LogP contribution in [0, 0.1) is 6.92 Å². The van der Waals surface area contributed by atoms with Gasteiger partial charge in [0.15, 0.2) is 0 Å². The molecular formula is C17H21ClN2. The average molecular weight is 289 g/mol. The van der Waals surface area contributed by atoms with Crippen LogP contribution in [0.4, 0.5) is 5.69 Å². The first-order chi connectivity index (χ1) is 9.60. The van der Waals surface area contributed by atoms with Crippen LogP contribution in [0.1, 0.15) is 16.7 Å². The van der Waals surface area contributed by atoms with Crippen molar-refractivity contribution in [3.05, 3.63) is 64.2 Å². The van der Waals surface area contributed by atoms with Gasteiger partial charge in [0.05, 0.1) is 0 Å². The zero-order valence-electron chi connectivity index (χ0n) is 12.1. The SMILES string of the molecule is Cc1cc(N(C)Cc2cccc(Cl)c2)ccc1CCN. The van der Waals surface area contributed by atoms with Crippen LogP contribution in [0.5, 0.6) is 0 Å². The minimum Gasteiger partial charge on any atom is -0.370 e. The first-order valence-electron chi connectivity index (χ1n) is 6.85. The molecular weight excluding hydrogens is 268 g/mol. The minimum absolute atomic E-state index is 0.693. The molecule has 0 aliphatic rings. The van der Waals surface area contributed by atoms with Crippen molar-refractivity contribution in [1.29, 1.82) is 0 Å². The predicted molar refractivity (Wildman–Crippen MR) is 87.5 cm³/mol. The second-order valence-electron chi connectivity index (χ2n) is 5.14. The van der Waals surface area contributed by atoms with Crippen LogP contribution in [0.15, 0.2) is 42.5 Å². The fraction of sp³-hybridized carbons (Fsp3) is 0.294. The normalized spacial score (nSPS) is 10.6. The zero-order chi connectivity index (χ0) is 14.5. The molecule has 2 N–H and O–H groups in total. The highest BCUT2D eigenvalue weighted by Gasteiger charge is 2.05. The molecule has 0 saturated carbocycles. The van der Waals surface area contributed by atoms with Gasteiger partial charge in [-0.3, -0.25) is 0 Å². The molecule has 3 heteroatoms. The third-order valence-electron chi connectivity index (χ3n) is 3.49. The van der Waals surface area contributed by atoms with Crippen LogP contribution in [-0.4, -0.2) is 13.6 Å². The van der Waals surface area contributed by atoms with Crippen molar-refractivity contribution in [2.75, 3.05) is 18.5 Å². The van der Waals surface area contributed by atoms with Crippen LogP contribution in [0.2, 0.25) is 5.02 Å². The number of aryl methyl sites for hydroxylation is 1. The molecule has 0 amide bonds. The fourth-order valence-corrected chi connectivity index (χ4v) is 2.57. The van der Waals surface area contributed by atoms with E-state index in [1.54, 1.807) is 0 Å². The van der Waals surface area contributed by atoms with Crippen LogP contribution in [0.25, 0.3) is 0 Å². The van der Waals surface area contributed by atoms with Crippen molar-refractivity contribution in [2.24, 2.45) is 5.73 Å². The molecule has 0 saturated heterocycles. The Morgan fingerprint density at radius 3 is 2.60 bits per heavy atom. The standard InChI is InChI=1S/C17H21ClN2/c1-13-10-17(7-6-15(13)8-9-19)20(2)12-14-4-3-5-16(18)11-14/h3-7,10-11H,8-9,12,19H2,1-2H3. The number of halogens is 1. The van der Waals surface area contributed by atoms with E-state index in [0.717, 1.165) is 18.0 Å². The Hall–Kier alpha value is -1.51. The van der Waals surface area contributed by atoms with E-state index >= 15 is 0 Å². The van der Waals surface area contributed by atoms with Gasteiger partial charge in [-0.05, 0) is 60.8 Å². The molecule has 0 unspecified atom stereocenters. The Morgan fingerprint density at radius 1 is 1.15 bits per heavy atom. The average Bonchev–Trinajstić information content (AvgIpc) is 2.41. The summed E-state index contributed by atoms with van der Waals surface area (Å²) >= 11 is 6.02. The molecule has 0 aromatic heterocycles. The van der Waals surface area contributed by atoms with Gasteiger partial charge in [-0.2, -0.15) is 0 Å². The van der Waals surface area contributed by atoms with Gasteiger partial charge in [-0.15, -0.1) is 0 Å². The monoisotopic (exact) mass is 288 g/mol. The van der Waals surface area contributed by atoms with Gasteiger partial charge >= 0.3 is 0 Å². The topological polar surface area (TPSA) is 29.3 Å². The molecule has 2 rings (SSSR count). The molecule has 106 valence electrons. The lowest BCUT2D eigenvalue weighted by atomic mass is 10.0. The molecule has 2 aromatic rings. The van der Waals surface area contributed by atoms with E-state index in [1.807, 2.05) is 18.2 Å². The fourth-order valence-electron chi connectivity index (χ4n) is 2.35. The highest BCUT2D eigenvalue weighted by Crippen LogP contribution is 2.21. The Balaban J connectivity index is 2.13. The summed E-state index contributed by atoms with van der Waals surface area (Å²) in [6.45, 7) is 3.68. The summed E-state index contributed by atoms with van der Waals surface area (Å²) in [7, 11) is 2.10. The predicted octanol–water partition coefficient (Wildman–Crippen LogP) is 3.79. The van der Waals surface area contributed by atoms with E-state index in [9.17, 15) is 0 Å². The van der Waals surface area contributed by atoms with E-state index in [-0.39, 0.29) is 0 Å². The van der Waals surface area contributed by atoms with E-state index < -0.39 is 0 Å². The minimum atomic E-state index is 0.693. The summed E-state index contributed by atoms with van der Waals surface area (Å²) in [5, 5.41) is 0.783. The smallest absolute Gasteiger partial charge is 0.0426 e. The largest absolute Gasteiger partial charge is 0.370 e. The number of anilines is 1. The van der Waals surface area contributed by atoms with Crippen molar-refractivity contribution in [3.8, 4) is 0 Å². The number of hydrogen-bond acceptors (Lipinski definition) is 2. The van der Waals surface area contributed by atoms with Crippen molar-refractivity contribution in [3.63, 3.8) is 0 Å². The van der Waals surface area contributed by atoms with Crippen LogP contribution < -0.4 is 10.6 Å². The molecule has 2 nitrogen and oxygen atoms in total. The van der Waals surface area contributed by atoms with Crippen LogP contribution in [0.3, 0.4) is 0 Å². The van der Waals surface area contributed by atoms with Crippen molar-refractivity contribution in [2.45, 2.75) is 19.9 Å². The van der Waals surface area contributed by atoms with Crippen LogP contribution >= 0.6 is 11.6 Å². The van der Waals surface area contributed by atoms with Gasteiger partial charge in [-0.1, -0.05) is 29.8 Å². The van der Waals surface area contributed by atoms with Gasteiger partial charge in [0.1, 0.15) is 0 Å². The lowest BCUT2D eigenvalue weighted by Gasteiger charge is -2.21. The van der Waals surface area contributed by atoms with E-state index in [4.69, 9.17) is 17.3 Å². The Labute approximate surface area is 126 Å². The van der Waals surface area contributed by atoms with E-state index in [2.05, 4.69) is 43.1 Å². The number of nitrogens with two attached hydrogens (primary N) is 1. The summed E-state index contributed by atoms with van der Waals surface area (Å²) in [4.78, 5) is 2.23. The second-order valence-corrected chi connectivity index (χ2v) is 5.57. The summed E-state index contributed by atoms with van der Waals surface area (Å²) in [5.41, 5.74) is 10.7. The van der Waals surface area contributed by atoms with Gasteiger partial charge in [0.25, 0.3) is 0 Å². The molecule has 0 spiro atoms. The number of rotatable bonds is 5. The highest BCUT2D eigenvalue weighted by molar-refractivity contribution is 6.30. The Morgan fingerprint density at radius 2 is 1.95 bits per heavy atom. The quantitative estimate of drug-likeness (QED) is 0.907. The van der Waals surface area contributed by atoms with E-state index in [1.165, 1.54) is 22.4 Å². The number of benzene rings is 2. The Kier molecular flexibility index (Phi) is 5.05. The summed E-state index contributed by atoms with van der Waals surface area (Å²) in [6, 6.07) is 14.5. The summed E-state index contributed by atoms with van der Waals surface area (Å²) in [6.07, 6.45) is 0.935. The summed E-state index contributed by atoms with van der Waals surface area (Å²) < 4.78 is 0. The third kappa shape index (κ3) is 3.75. The van der Waals surface area contributed by atoms with E-state index in [0.29, 0.717) is 6.54 Å². The number of nitrogens with zero attached hydrogens (tertiary/aromatic N) is 1. The maximum Gasteiger partial charge on any atom is 0.0426 e. The van der Waals surface area contributed by atoms with Gasteiger partial charge in [-0.25, -0.2) is 0 Å². The van der Waals surface area contributed by atoms with Gasteiger partial charge < -0.3 is 10.6 Å². The first-order valence-corrected chi connectivity index (χ1v) is 7.23. The molecule has 2 aromatic carbocycles. The Bertz CT molecular complexity index is 581. The van der Waals surface area contributed by atoms with Crippen LogP contribution in [-0.2, 0) is 13.0 Å². The third-order valence-corrected chi connectivity index (χ3v) is 3.72. The molecule has 20 heavy (non-hydrogen) atoms. The second kappa shape index (κ2) is 6.78. The molecule has 0 aliphatic heterocycles. The highest BCUT2D eigenvalue weighted by atomic mass is 35.5. The lowest BCUT2D eigenvalue weighted by Crippen LogP contribution is -2.16. The molecule has 0 bridgehead atoms. The molecule has 0 aliphatic carbocycles. The van der Waals surface area contributed by atoms with Crippen molar-refractivity contribution in [1.82, 2.24) is 0 Å². The van der Waals surface area contributed by atoms with Gasteiger partial charge in [0.2, 0.25) is 0 Å². The maximum absolute atomic E-state index is 6.02. The molecule has 0 atom stereocenters. The van der Waals surface area contributed by atoms with Crippen molar-refractivity contribution >= 4 is 17.3 Å². The zero-order valence-corrected chi connectivity index (χ0v) is 12.8. The lowest BCUT2D eigenvalue weighted by molar-refractivity contribution is 0.915. The maximum atomic E-state index is 6.02. The molecule has 0 heterocycles.